The number of hydrogen-bond donors (Lipinski definition) is 3. The van der Waals surface area contributed by atoms with E-state index < -0.39 is 17.8 Å². The predicted octanol–water partition coefficient (Wildman–Crippen LogP) is 3.63. The van der Waals surface area contributed by atoms with Crippen LogP contribution < -0.4 is 5.32 Å². The minimum Gasteiger partial charge on any atom is -0.478 e. The summed E-state index contributed by atoms with van der Waals surface area (Å²) in [6.45, 7) is 6.19. The fraction of sp³-hybridized carbons (Fsp3) is 0.211. The molecule has 6 nitrogen and oxygen atoms in total. The number of amides is 1. The van der Waals surface area contributed by atoms with Gasteiger partial charge in [-0.2, -0.15) is 0 Å². The van der Waals surface area contributed by atoms with E-state index in [1.807, 2.05) is 12.1 Å². The van der Waals surface area contributed by atoms with Gasteiger partial charge in [-0.1, -0.05) is 32.9 Å². The standard InChI is InChI=1S/C19H19NO5/c1-19(2,3)14-6-4-11(5-7-14)16(21)20-15-9-12(17(22)23)8-13(10-15)18(24)25/h4-10H,1-3H3,(H,20,21)(H,22,23)(H,24,25). The van der Waals surface area contributed by atoms with Crippen LogP contribution >= 0.6 is 0 Å². The van der Waals surface area contributed by atoms with Crippen molar-refractivity contribution in [3.8, 4) is 0 Å². The summed E-state index contributed by atoms with van der Waals surface area (Å²) in [6, 6.07) is 10.5. The number of hydrogen-bond acceptors (Lipinski definition) is 3. The number of nitrogens with one attached hydrogen (secondary N) is 1. The van der Waals surface area contributed by atoms with Crippen molar-refractivity contribution in [2.45, 2.75) is 26.2 Å². The van der Waals surface area contributed by atoms with Crippen molar-refractivity contribution in [2.24, 2.45) is 0 Å². The van der Waals surface area contributed by atoms with Crippen LogP contribution in [0.15, 0.2) is 42.5 Å². The van der Waals surface area contributed by atoms with Crippen molar-refractivity contribution in [1.29, 1.82) is 0 Å². The monoisotopic (exact) mass is 341 g/mol. The summed E-state index contributed by atoms with van der Waals surface area (Å²) in [5.74, 6) is -2.99. The van der Waals surface area contributed by atoms with Gasteiger partial charge in [-0.05, 0) is 41.3 Å². The molecule has 0 unspecified atom stereocenters. The van der Waals surface area contributed by atoms with Crippen molar-refractivity contribution in [2.75, 3.05) is 5.32 Å². The van der Waals surface area contributed by atoms with Crippen LogP contribution in [0, 0.1) is 0 Å². The molecule has 3 N–H and O–H groups in total. The number of carbonyl (C=O) groups is 3. The Hall–Kier alpha value is -3.15. The fourth-order valence-corrected chi connectivity index (χ4v) is 2.27. The van der Waals surface area contributed by atoms with Crippen molar-refractivity contribution in [3.05, 3.63) is 64.7 Å². The summed E-state index contributed by atoms with van der Waals surface area (Å²) in [5.41, 5.74) is 1.12. The van der Waals surface area contributed by atoms with E-state index in [1.165, 1.54) is 12.1 Å². The van der Waals surface area contributed by atoms with Gasteiger partial charge in [0.15, 0.2) is 0 Å². The number of anilines is 1. The Balaban J connectivity index is 2.28. The van der Waals surface area contributed by atoms with Gasteiger partial charge in [-0.25, -0.2) is 9.59 Å². The summed E-state index contributed by atoms with van der Waals surface area (Å²) in [5, 5.41) is 20.7. The van der Waals surface area contributed by atoms with Gasteiger partial charge in [0.1, 0.15) is 0 Å². The van der Waals surface area contributed by atoms with Gasteiger partial charge >= 0.3 is 11.9 Å². The molecule has 0 heterocycles. The maximum absolute atomic E-state index is 12.3. The first-order valence-electron chi connectivity index (χ1n) is 7.61. The molecule has 0 saturated heterocycles. The van der Waals surface area contributed by atoms with Crippen LogP contribution in [0.2, 0.25) is 0 Å². The number of carboxylic acids is 2. The van der Waals surface area contributed by atoms with E-state index in [0.717, 1.165) is 11.6 Å². The minimum atomic E-state index is -1.27. The molecule has 6 heteroatoms. The zero-order chi connectivity index (χ0) is 18.8. The molecule has 2 aromatic carbocycles. The molecular formula is C19H19NO5. The first kappa shape index (κ1) is 18.2. The molecule has 0 spiro atoms. The number of rotatable bonds is 4. The molecule has 2 rings (SSSR count). The highest BCUT2D eigenvalue weighted by Gasteiger charge is 2.16. The molecule has 0 fully saturated rings. The lowest BCUT2D eigenvalue weighted by atomic mass is 9.87. The zero-order valence-corrected chi connectivity index (χ0v) is 14.2. The number of carboxylic acid groups (broad SMARTS) is 2. The molecule has 0 bridgehead atoms. The van der Waals surface area contributed by atoms with Crippen LogP contribution in [-0.2, 0) is 5.41 Å². The molecule has 0 atom stereocenters. The second-order valence-electron chi connectivity index (χ2n) is 6.69. The van der Waals surface area contributed by atoms with E-state index in [-0.39, 0.29) is 22.2 Å². The molecule has 0 aliphatic heterocycles. The van der Waals surface area contributed by atoms with Gasteiger partial charge in [0.05, 0.1) is 11.1 Å². The quantitative estimate of drug-likeness (QED) is 0.788. The molecule has 0 aromatic heterocycles. The van der Waals surface area contributed by atoms with Crippen molar-refractivity contribution in [3.63, 3.8) is 0 Å². The van der Waals surface area contributed by atoms with Gasteiger partial charge in [-0.3, -0.25) is 4.79 Å². The van der Waals surface area contributed by atoms with E-state index in [2.05, 4.69) is 26.1 Å². The second kappa shape index (κ2) is 6.76. The topological polar surface area (TPSA) is 104 Å². The summed E-state index contributed by atoms with van der Waals surface area (Å²) in [4.78, 5) is 34.6. The number of benzene rings is 2. The molecule has 1 amide bonds. The summed E-state index contributed by atoms with van der Waals surface area (Å²) >= 11 is 0. The van der Waals surface area contributed by atoms with E-state index in [0.29, 0.717) is 5.56 Å². The smallest absolute Gasteiger partial charge is 0.335 e. The van der Waals surface area contributed by atoms with Crippen LogP contribution in [0.5, 0.6) is 0 Å². The van der Waals surface area contributed by atoms with Crippen molar-refractivity contribution >= 4 is 23.5 Å². The number of aromatic carboxylic acids is 2. The predicted molar refractivity (Wildman–Crippen MR) is 93.5 cm³/mol. The van der Waals surface area contributed by atoms with Crippen LogP contribution in [0.25, 0.3) is 0 Å². The first-order chi connectivity index (χ1) is 11.6. The van der Waals surface area contributed by atoms with Crippen molar-refractivity contribution < 1.29 is 24.6 Å². The zero-order valence-electron chi connectivity index (χ0n) is 14.2. The Morgan fingerprint density at radius 3 is 1.68 bits per heavy atom. The van der Waals surface area contributed by atoms with Crippen LogP contribution in [-0.4, -0.2) is 28.1 Å². The SMILES string of the molecule is CC(C)(C)c1ccc(C(=O)Nc2cc(C(=O)O)cc(C(=O)O)c2)cc1. The molecule has 0 aliphatic rings. The molecule has 25 heavy (non-hydrogen) atoms. The Morgan fingerprint density at radius 1 is 0.800 bits per heavy atom. The Bertz CT molecular complexity index is 800. The molecule has 2 aromatic rings. The summed E-state index contributed by atoms with van der Waals surface area (Å²) in [7, 11) is 0. The van der Waals surface area contributed by atoms with Gasteiger partial charge in [0.2, 0.25) is 0 Å². The largest absolute Gasteiger partial charge is 0.478 e. The van der Waals surface area contributed by atoms with E-state index in [1.54, 1.807) is 12.1 Å². The average molecular weight is 341 g/mol. The third kappa shape index (κ3) is 4.44. The van der Waals surface area contributed by atoms with Gasteiger partial charge in [-0.15, -0.1) is 0 Å². The summed E-state index contributed by atoms with van der Waals surface area (Å²) in [6.07, 6.45) is 0. The molecule has 0 radical (unpaired) electrons. The third-order valence-electron chi connectivity index (χ3n) is 3.70. The van der Waals surface area contributed by atoms with Crippen LogP contribution in [0.4, 0.5) is 5.69 Å². The normalized spacial score (nSPS) is 11.0. The van der Waals surface area contributed by atoms with Gasteiger partial charge < -0.3 is 15.5 Å². The lowest BCUT2D eigenvalue weighted by Crippen LogP contribution is -2.15. The maximum Gasteiger partial charge on any atom is 0.335 e. The van der Waals surface area contributed by atoms with E-state index in [9.17, 15) is 14.4 Å². The Kier molecular flexibility index (Phi) is 4.92. The Labute approximate surface area is 145 Å². The van der Waals surface area contributed by atoms with E-state index in [4.69, 9.17) is 10.2 Å². The molecule has 0 saturated carbocycles. The highest BCUT2D eigenvalue weighted by atomic mass is 16.4. The van der Waals surface area contributed by atoms with E-state index >= 15 is 0 Å². The first-order valence-corrected chi connectivity index (χ1v) is 7.61. The summed E-state index contributed by atoms with van der Waals surface area (Å²) < 4.78 is 0. The maximum atomic E-state index is 12.3. The average Bonchev–Trinajstić information content (AvgIpc) is 2.53. The van der Waals surface area contributed by atoms with Gasteiger partial charge in [0, 0.05) is 11.3 Å². The highest BCUT2D eigenvalue weighted by molar-refractivity contribution is 6.05. The third-order valence-corrected chi connectivity index (χ3v) is 3.70. The van der Waals surface area contributed by atoms with Crippen molar-refractivity contribution in [1.82, 2.24) is 0 Å². The number of carbonyl (C=O) groups excluding carboxylic acids is 1. The lowest BCUT2D eigenvalue weighted by molar-refractivity contribution is 0.0696. The highest BCUT2D eigenvalue weighted by Crippen LogP contribution is 2.23. The fourth-order valence-electron chi connectivity index (χ4n) is 2.27. The molecule has 130 valence electrons. The van der Waals surface area contributed by atoms with Crippen LogP contribution in [0.1, 0.15) is 57.4 Å². The minimum absolute atomic E-state index is 0.0405. The van der Waals surface area contributed by atoms with Gasteiger partial charge in [0.25, 0.3) is 5.91 Å². The molecular weight excluding hydrogens is 322 g/mol. The molecule has 0 aliphatic carbocycles. The van der Waals surface area contributed by atoms with Crippen LogP contribution in [0.3, 0.4) is 0 Å². The second-order valence-corrected chi connectivity index (χ2v) is 6.69. The Morgan fingerprint density at radius 2 is 1.28 bits per heavy atom. The lowest BCUT2D eigenvalue weighted by Gasteiger charge is -2.19.